The van der Waals surface area contributed by atoms with Crippen LogP contribution in [0.4, 0.5) is 5.69 Å². The SMILES string of the molecule is OCC1(CNc2cccc3cccnc23)CCCCC1. The molecule has 0 spiro atoms. The predicted molar refractivity (Wildman–Crippen MR) is 82.8 cm³/mol. The van der Waals surface area contributed by atoms with Gasteiger partial charge in [-0.2, -0.15) is 0 Å². The van der Waals surface area contributed by atoms with Crippen LogP contribution in [0.25, 0.3) is 10.9 Å². The van der Waals surface area contributed by atoms with Crippen LogP contribution in [-0.2, 0) is 0 Å². The van der Waals surface area contributed by atoms with Gasteiger partial charge in [0.05, 0.1) is 17.8 Å². The number of nitrogens with one attached hydrogen (secondary N) is 1. The van der Waals surface area contributed by atoms with Crippen LogP contribution in [0, 0.1) is 5.41 Å². The molecule has 0 amide bonds. The Morgan fingerprint density at radius 2 is 1.90 bits per heavy atom. The summed E-state index contributed by atoms with van der Waals surface area (Å²) in [7, 11) is 0. The van der Waals surface area contributed by atoms with Crippen molar-refractivity contribution in [2.24, 2.45) is 5.41 Å². The third-order valence-electron chi connectivity index (χ3n) is 4.54. The molecule has 1 aliphatic carbocycles. The first-order valence-corrected chi connectivity index (χ1v) is 7.52. The standard InChI is InChI=1S/C17H22N2O/c20-13-17(9-2-1-3-10-17)12-19-15-8-4-6-14-7-5-11-18-16(14)15/h4-8,11,19-20H,1-3,9-10,12-13H2. The summed E-state index contributed by atoms with van der Waals surface area (Å²) in [5.41, 5.74) is 2.13. The lowest BCUT2D eigenvalue weighted by Crippen LogP contribution is -2.35. The maximum Gasteiger partial charge on any atom is 0.0933 e. The molecule has 20 heavy (non-hydrogen) atoms. The number of nitrogens with zero attached hydrogens (tertiary/aromatic N) is 1. The Labute approximate surface area is 120 Å². The quantitative estimate of drug-likeness (QED) is 0.892. The van der Waals surface area contributed by atoms with Crippen molar-refractivity contribution < 1.29 is 5.11 Å². The molecule has 3 heteroatoms. The van der Waals surface area contributed by atoms with Gasteiger partial charge in [-0.15, -0.1) is 0 Å². The van der Waals surface area contributed by atoms with Gasteiger partial charge in [-0.05, 0) is 25.0 Å². The van der Waals surface area contributed by atoms with Crippen molar-refractivity contribution in [1.29, 1.82) is 0 Å². The lowest BCUT2D eigenvalue weighted by Gasteiger charge is -2.36. The van der Waals surface area contributed by atoms with E-state index in [1.165, 1.54) is 19.3 Å². The van der Waals surface area contributed by atoms with Crippen LogP contribution in [-0.4, -0.2) is 23.2 Å². The van der Waals surface area contributed by atoms with Gasteiger partial charge >= 0.3 is 0 Å². The molecule has 1 saturated carbocycles. The van der Waals surface area contributed by atoms with E-state index in [4.69, 9.17) is 0 Å². The van der Waals surface area contributed by atoms with E-state index in [9.17, 15) is 5.11 Å². The van der Waals surface area contributed by atoms with Crippen LogP contribution < -0.4 is 5.32 Å². The number of benzene rings is 1. The average Bonchev–Trinajstić information content (AvgIpc) is 2.54. The molecular weight excluding hydrogens is 248 g/mol. The number of rotatable bonds is 4. The van der Waals surface area contributed by atoms with Gasteiger partial charge in [0.2, 0.25) is 0 Å². The Morgan fingerprint density at radius 3 is 2.70 bits per heavy atom. The van der Waals surface area contributed by atoms with Gasteiger partial charge in [-0.1, -0.05) is 37.5 Å². The first-order chi connectivity index (χ1) is 9.83. The number of hydrogen-bond donors (Lipinski definition) is 2. The minimum atomic E-state index is 0.0508. The second-order valence-electron chi connectivity index (χ2n) is 5.95. The van der Waals surface area contributed by atoms with Gasteiger partial charge in [0.15, 0.2) is 0 Å². The van der Waals surface area contributed by atoms with Crippen molar-refractivity contribution in [3.63, 3.8) is 0 Å². The average molecular weight is 270 g/mol. The highest BCUT2D eigenvalue weighted by Crippen LogP contribution is 2.36. The summed E-state index contributed by atoms with van der Waals surface area (Å²) in [5.74, 6) is 0. The Balaban J connectivity index is 1.79. The van der Waals surface area contributed by atoms with Gasteiger partial charge in [-0.3, -0.25) is 4.98 Å². The van der Waals surface area contributed by atoms with Gasteiger partial charge in [-0.25, -0.2) is 0 Å². The number of aliphatic hydroxyl groups is 1. The number of hydrogen-bond acceptors (Lipinski definition) is 3. The molecule has 1 heterocycles. The Hall–Kier alpha value is -1.61. The predicted octanol–water partition coefficient (Wildman–Crippen LogP) is 3.59. The van der Waals surface area contributed by atoms with Gasteiger partial charge < -0.3 is 10.4 Å². The Bertz CT molecular complexity index is 571. The van der Waals surface area contributed by atoms with Crippen LogP contribution in [0.5, 0.6) is 0 Å². The summed E-state index contributed by atoms with van der Waals surface area (Å²) in [5, 5.41) is 14.5. The van der Waals surface area contributed by atoms with E-state index in [1.807, 2.05) is 12.3 Å². The van der Waals surface area contributed by atoms with Crippen LogP contribution in [0.15, 0.2) is 36.5 Å². The molecule has 1 aromatic carbocycles. The van der Waals surface area contributed by atoms with Crippen molar-refractivity contribution in [1.82, 2.24) is 4.98 Å². The van der Waals surface area contributed by atoms with Crippen LogP contribution >= 0.6 is 0 Å². The lowest BCUT2D eigenvalue weighted by atomic mass is 9.74. The fourth-order valence-corrected chi connectivity index (χ4v) is 3.22. The molecule has 2 aromatic rings. The minimum Gasteiger partial charge on any atom is -0.396 e. The molecule has 0 aliphatic heterocycles. The van der Waals surface area contributed by atoms with E-state index in [1.54, 1.807) is 0 Å². The van der Waals surface area contributed by atoms with Crippen LogP contribution in [0.1, 0.15) is 32.1 Å². The first kappa shape index (κ1) is 13.4. The topological polar surface area (TPSA) is 45.1 Å². The van der Waals surface area contributed by atoms with Gasteiger partial charge in [0, 0.05) is 23.5 Å². The van der Waals surface area contributed by atoms with Crippen molar-refractivity contribution in [2.75, 3.05) is 18.5 Å². The Kier molecular flexibility index (Phi) is 3.88. The summed E-state index contributed by atoms with van der Waals surface area (Å²) in [6.45, 7) is 1.11. The second-order valence-corrected chi connectivity index (χ2v) is 5.95. The number of aromatic nitrogens is 1. The monoisotopic (exact) mass is 270 g/mol. The highest BCUT2D eigenvalue weighted by molar-refractivity contribution is 5.90. The van der Waals surface area contributed by atoms with Crippen LogP contribution in [0.3, 0.4) is 0 Å². The highest BCUT2D eigenvalue weighted by Gasteiger charge is 2.31. The van der Waals surface area contributed by atoms with Gasteiger partial charge in [0.1, 0.15) is 0 Å². The molecule has 106 valence electrons. The fourth-order valence-electron chi connectivity index (χ4n) is 3.22. The zero-order valence-corrected chi connectivity index (χ0v) is 11.8. The number of para-hydroxylation sites is 1. The molecule has 3 rings (SSSR count). The van der Waals surface area contributed by atoms with Crippen LogP contribution in [0.2, 0.25) is 0 Å². The minimum absolute atomic E-state index is 0.0508. The molecule has 0 radical (unpaired) electrons. The molecule has 0 unspecified atom stereocenters. The summed E-state index contributed by atoms with van der Waals surface area (Å²) in [6, 6.07) is 10.2. The van der Waals surface area contributed by atoms with Crippen molar-refractivity contribution >= 4 is 16.6 Å². The molecule has 0 atom stereocenters. The molecule has 0 saturated heterocycles. The third-order valence-corrected chi connectivity index (χ3v) is 4.54. The molecule has 0 bridgehead atoms. The highest BCUT2D eigenvalue weighted by atomic mass is 16.3. The fraction of sp³-hybridized carbons (Fsp3) is 0.471. The zero-order valence-electron chi connectivity index (χ0n) is 11.8. The largest absolute Gasteiger partial charge is 0.396 e. The van der Waals surface area contributed by atoms with E-state index >= 15 is 0 Å². The number of pyridine rings is 1. The normalized spacial score (nSPS) is 18.1. The summed E-state index contributed by atoms with van der Waals surface area (Å²) in [4.78, 5) is 4.47. The van der Waals surface area contributed by atoms with Gasteiger partial charge in [0.25, 0.3) is 0 Å². The summed E-state index contributed by atoms with van der Waals surface area (Å²) < 4.78 is 0. The van der Waals surface area contributed by atoms with Crippen molar-refractivity contribution in [3.8, 4) is 0 Å². The van der Waals surface area contributed by atoms with E-state index < -0.39 is 0 Å². The molecule has 1 aliphatic rings. The maximum atomic E-state index is 9.78. The molecular formula is C17H22N2O. The van der Waals surface area contributed by atoms with E-state index in [0.717, 1.165) is 36.0 Å². The molecule has 1 aromatic heterocycles. The van der Waals surface area contributed by atoms with E-state index in [0.29, 0.717) is 0 Å². The van der Waals surface area contributed by atoms with Crippen molar-refractivity contribution in [3.05, 3.63) is 36.5 Å². The number of aliphatic hydroxyl groups excluding tert-OH is 1. The van der Waals surface area contributed by atoms with E-state index in [2.05, 4.69) is 34.6 Å². The zero-order chi connectivity index (χ0) is 13.8. The lowest BCUT2D eigenvalue weighted by molar-refractivity contribution is 0.0944. The van der Waals surface area contributed by atoms with E-state index in [-0.39, 0.29) is 12.0 Å². The number of anilines is 1. The summed E-state index contributed by atoms with van der Waals surface area (Å²) >= 11 is 0. The second kappa shape index (κ2) is 5.80. The van der Waals surface area contributed by atoms with Crippen molar-refractivity contribution in [2.45, 2.75) is 32.1 Å². The molecule has 1 fully saturated rings. The smallest absolute Gasteiger partial charge is 0.0933 e. The maximum absolute atomic E-state index is 9.78. The molecule has 2 N–H and O–H groups in total. The Morgan fingerprint density at radius 1 is 1.10 bits per heavy atom. The molecule has 3 nitrogen and oxygen atoms in total. The summed E-state index contributed by atoms with van der Waals surface area (Å²) in [6.07, 6.45) is 7.84. The number of fused-ring (bicyclic) bond motifs is 1. The first-order valence-electron chi connectivity index (χ1n) is 7.52. The third kappa shape index (κ3) is 2.63.